The van der Waals surface area contributed by atoms with Crippen molar-refractivity contribution in [1.82, 2.24) is 14.8 Å². The molecule has 0 aliphatic rings. The number of hydrogen-bond donors (Lipinski definition) is 1. The van der Waals surface area contributed by atoms with Crippen LogP contribution in [0, 0.1) is 24.0 Å². The summed E-state index contributed by atoms with van der Waals surface area (Å²) in [5.41, 5.74) is 1.20. The topological polar surface area (TPSA) is 103 Å². The molecule has 0 aliphatic heterocycles. The number of nitrogens with zero attached hydrogens (tertiary/aromatic N) is 4. The quantitative estimate of drug-likeness (QED) is 0.532. The third-order valence-electron chi connectivity index (χ3n) is 3.00. The lowest BCUT2D eigenvalue weighted by Gasteiger charge is -2.06. The van der Waals surface area contributed by atoms with E-state index < -0.39 is 10.8 Å². The monoisotopic (exact) mass is 309 g/mol. The zero-order valence-electron chi connectivity index (χ0n) is 11.5. The summed E-state index contributed by atoms with van der Waals surface area (Å²) in [5.74, 6) is -0.712. The lowest BCUT2D eigenvalue weighted by Crippen LogP contribution is -2.16. The average molecular weight is 310 g/mol. The predicted molar refractivity (Wildman–Crippen MR) is 76.5 cm³/mol. The summed E-state index contributed by atoms with van der Waals surface area (Å²) in [6.07, 6.45) is 0. The van der Waals surface area contributed by atoms with Gasteiger partial charge in [-0.2, -0.15) is 5.10 Å². The van der Waals surface area contributed by atoms with Crippen LogP contribution in [0.5, 0.6) is 0 Å². The van der Waals surface area contributed by atoms with Crippen molar-refractivity contribution < 1.29 is 9.72 Å². The summed E-state index contributed by atoms with van der Waals surface area (Å²) < 4.78 is 1.56. The second kappa shape index (κ2) is 5.49. The standard InChI is InChI=1S/C12H12ClN5O3/c1-6-10(7(2)17(3)16-6)12(19)15-11-8(18(20)21)4-5-9(13)14-11/h4-5H,1-3H3,(H,14,15,19). The van der Waals surface area contributed by atoms with E-state index in [1.807, 2.05) is 0 Å². The van der Waals surface area contributed by atoms with Gasteiger partial charge in [-0.25, -0.2) is 4.98 Å². The van der Waals surface area contributed by atoms with E-state index in [-0.39, 0.29) is 16.7 Å². The molecule has 0 fully saturated rings. The van der Waals surface area contributed by atoms with Crippen molar-refractivity contribution >= 4 is 29.0 Å². The normalized spacial score (nSPS) is 10.5. The van der Waals surface area contributed by atoms with Gasteiger partial charge in [-0.05, 0) is 19.9 Å². The molecule has 8 nitrogen and oxygen atoms in total. The number of aryl methyl sites for hydroxylation is 2. The lowest BCUT2D eigenvalue weighted by molar-refractivity contribution is -0.384. The molecule has 2 aromatic rings. The van der Waals surface area contributed by atoms with Crippen molar-refractivity contribution in [3.05, 3.63) is 44.4 Å². The van der Waals surface area contributed by atoms with Crippen LogP contribution < -0.4 is 5.32 Å². The fourth-order valence-corrected chi connectivity index (χ4v) is 2.09. The van der Waals surface area contributed by atoms with Crippen LogP contribution in [0.2, 0.25) is 5.15 Å². The Morgan fingerprint density at radius 1 is 1.43 bits per heavy atom. The third-order valence-corrected chi connectivity index (χ3v) is 3.22. The van der Waals surface area contributed by atoms with Gasteiger partial charge in [0.15, 0.2) is 0 Å². The number of carbonyl (C=O) groups is 1. The first-order valence-electron chi connectivity index (χ1n) is 5.93. The van der Waals surface area contributed by atoms with Crippen LogP contribution >= 0.6 is 11.6 Å². The Morgan fingerprint density at radius 3 is 2.62 bits per heavy atom. The molecular weight excluding hydrogens is 298 g/mol. The summed E-state index contributed by atoms with van der Waals surface area (Å²) in [5, 5.41) is 17.5. The Labute approximate surface area is 124 Å². The zero-order chi connectivity index (χ0) is 15.7. The lowest BCUT2D eigenvalue weighted by atomic mass is 10.2. The molecule has 0 saturated carbocycles. The second-order valence-electron chi connectivity index (χ2n) is 4.38. The molecule has 0 aliphatic carbocycles. The second-order valence-corrected chi connectivity index (χ2v) is 4.77. The van der Waals surface area contributed by atoms with Crippen molar-refractivity contribution in [2.75, 3.05) is 5.32 Å². The van der Waals surface area contributed by atoms with Gasteiger partial charge in [0, 0.05) is 18.8 Å². The molecule has 2 aromatic heterocycles. The minimum Gasteiger partial charge on any atom is -0.301 e. The summed E-state index contributed by atoms with van der Waals surface area (Å²) >= 11 is 5.72. The van der Waals surface area contributed by atoms with E-state index in [0.717, 1.165) is 0 Å². The van der Waals surface area contributed by atoms with Gasteiger partial charge in [0.1, 0.15) is 5.15 Å². The van der Waals surface area contributed by atoms with E-state index in [2.05, 4.69) is 15.4 Å². The van der Waals surface area contributed by atoms with E-state index in [0.29, 0.717) is 17.0 Å². The van der Waals surface area contributed by atoms with Crippen molar-refractivity contribution in [3.63, 3.8) is 0 Å². The number of pyridine rings is 1. The Morgan fingerprint density at radius 2 is 2.10 bits per heavy atom. The van der Waals surface area contributed by atoms with E-state index >= 15 is 0 Å². The molecule has 2 rings (SSSR count). The highest BCUT2D eigenvalue weighted by molar-refractivity contribution is 6.29. The molecule has 21 heavy (non-hydrogen) atoms. The van der Waals surface area contributed by atoms with Gasteiger partial charge in [0.05, 0.1) is 16.2 Å². The maximum absolute atomic E-state index is 12.3. The zero-order valence-corrected chi connectivity index (χ0v) is 12.3. The summed E-state index contributed by atoms with van der Waals surface area (Å²) in [7, 11) is 1.71. The van der Waals surface area contributed by atoms with Crippen LogP contribution in [0.3, 0.4) is 0 Å². The Balaban J connectivity index is 2.40. The summed E-state index contributed by atoms with van der Waals surface area (Å²) in [6.45, 7) is 3.41. The Kier molecular flexibility index (Phi) is 3.90. The number of nitrogens with one attached hydrogen (secondary N) is 1. The first kappa shape index (κ1) is 14.9. The van der Waals surface area contributed by atoms with Crippen LogP contribution in [-0.2, 0) is 7.05 Å². The molecule has 0 saturated heterocycles. The maximum Gasteiger partial charge on any atom is 0.311 e. The molecule has 0 spiro atoms. The number of hydrogen-bond acceptors (Lipinski definition) is 5. The molecule has 0 bridgehead atoms. The number of rotatable bonds is 3. The molecule has 9 heteroatoms. The molecule has 0 atom stereocenters. The number of nitro groups is 1. The molecule has 2 heterocycles. The van der Waals surface area contributed by atoms with Crippen LogP contribution in [0.15, 0.2) is 12.1 Å². The fourth-order valence-electron chi connectivity index (χ4n) is 1.94. The van der Waals surface area contributed by atoms with E-state index in [9.17, 15) is 14.9 Å². The van der Waals surface area contributed by atoms with E-state index in [4.69, 9.17) is 11.6 Å². The van der Waals surface area contributed by atoms with Crippen molar-refractivity contribution in [1.29, 1.82) is 0 Å². The first-order chi connectivity index (χ1) is 9.81. The Hall–Kier alpha value is -2.48. The van der Waals surface area contributed by atoms with Crippen molar-refractivity contribution in [2.45, 2.75) is 13.8 Å². The van der Waals surface area contributed by atoms with Gasteiger partial charge in [-0.3, -0.25) is 19.6 Å². The molecule has 1 amide bonds. The molecule has 110 valence electrons. The highest BCUT2D eigenvalue weighted by Gasteiger charge is 2.22. The molecule has 0 radical (unpaired) electrons. The van der Waals surface area contributed by atoms with Gasteiger partial charge < -0.3 is 5.32 Å². The molecule has 1 N–H and O–H groups in total. The molecular formula is C12H12ClN5O3. The largest absolute Gasteiger partial charge is 0.311 e. The summed E-state index contributed by atoms with van der Waals surface area (Å²) in [6, 6.07) is 2.48. The number of halogens is 1. The van der Waals surface area contributed by atoms with Gasteiger partial charge in [-0.1, -0.05) is 11.6 Å². The molecule has 0 unspecified atom stereocenters. The van der Waals surface area contributed by atoms with Crippen LogP contribution in [0.1, 0.15) is 21.7 Å². The van der Waals surface area contributed by atoms with E-state index in [1.54, 1.807) is 25.6 Å². The first-order valence-corrected chi connectivity index (χ1v) is 6.31. The van der Waals surface area contributed by atoms with Crippen LogP contribution in [0.25, 0.3) is 0 Å². The SMILES string of the molecule is Cc1nn(C)c(C)c1C(=O)Nc1nc(Cl)ccc1[N+](=O)[O-]. The molecule has 0 aromatic carbocycles. The number of aromatic nitrogens is 3. The Bertz CT molecular complexity index is 741. The number of carbonyl (C=O) groups excluding carboxylic acids is 1. The van der Waals surface area contributed by atoms with Gasteiger partial charge in [-0.15, -0.1) is 0 Å². The maximum atomic E-state index is 12.3. The minimum absolute atomic E-state index is 0.0514. The fraction of sp³-hybridized carbons (Fsp3) is 0.250. The van der Waals surface area contributed by atoms with Gasteiger partial charge in [0.25, 0.3) is 5.91 Å². The predicted octanol–water partition coefficient (Wildman–Crippen LogP) is 2.25. The minimum atomic E-state index is -0.637. The van der Waals surface area contributed by atoms with Crippen LogP contribution in [0.4, 0.5) is 11.5 Å². The van der Waals surface area contributed by atoms with Crippen LogP contribution in [-0.4, -0.2) is 25.6 Å². The number of amides is 1. The number of anilines is 1. The smallest absolute Gasteiger partial charge is 0.301 e. The third kappa shape index (κ3) is 2.84. The van der Waals surface area contributed by atoms with Gasteiger partial charge >= 0.3 is 5.69 Å². The van der Waals surface area contributed by atoms with Crippen molar-refractivity contribution in [2.24, 2.45) is 7.05 Å². The summed E-state index contributed by atoms with van der Waals surface area (Å²) in [4.78, 5) is 26.4. The van der Waals surface area contributed by atoms with E-state index in [1.165, 1.54) is 12.1 Å². The van der Waals surface area contributed by atoms with Gasteiger partial charge in [0.2, 0.25) is 5.82 Å². The van der Waals surface area contributed by atoms with Crippen molar-refractivity contribution in [3.8, 4) is 0 Å². The average Bonchev–Trinajstić information content (AvgIpc) is 2.62. The highest BCUT2D eigenvalue weighted by Crippen LogP contribution is 2.25. The highest BCUT2D eigenvalue weighted by atomic mass is 35.5.